The highest BCUT2D eigenvalue weighted by molar-refractivity contribution is 9.10. The van der Waals surface area contributed by atoms with Gasteiger partial charge in [0.15, 0.2) is 13.2 Å². The van der Waals surface area contributed by atoms with Crippen LogP contribution in [0.4, 0.5) is 5.69 Å². The second-order valence-corrected chi connectivity index (χ2v) is 8.08. The molecule has 0 saturated carbocycles. The van der Waals surface area contributed by atoms with Gasteiger partial charge in [0.1, 0.15) is 5.75 Å². The minimum absolute atomic E-state index is 0.261. The van der Waals surface area contributed by atoms with Gasteiger partial charge in [-0.2, -0.15) is 0 Å². The molecule has 5 nitrogen and oxygen atoms in total. The molecule has 0 radical (unpaired) electrons. The van der Waals surface area contributed by atoms with Crippen LogP contribution >= 0.6 is 15.9 Å². The highest BCUT2D eigenvalue weighted by atomic mass is 79.9. The standard InChI is InChI=1S/C24H24BrNO4/c1-15(2)18-10-6-7-16(3)24(18)26-21(27)13-30-22(28)14-29-20-12-11-17-8-4-5-9-19(17)23(20)25/h4-12,15H,13-14H2,1-3H3,(H,26,27). The molecule has 0 heterocycles. The van der Waals surface area contributed by atoms with Crippen molar-refractivity contribution in [3.8, 4) is 5.75 Å². The first-order valence-corrected chi connectivity index (χ1v) is 10.5. The first-order chi connectivity index (χ1) is 14.4. The quantitative estimate of drug-likeness (QED) is 0.457. The Balaban J connectivity index is 1.54. The van der Waals surface area contributed by atoms with Gasteiger partial charge in [-0.3, -0.25) is 4.79 Å². The van der Waals surface area contributed by atoms with Gasteiger partial charge in [0.25, 0.3) is 5.91 Å². The summed E-state index contributed by atoms with van der Waals surface area (Å²) in [6.07, 6.45) is 0. The molecule has 0 bridgehead atoms. The molecular weight excluding hydrogens is 446 g/mol. The highest BCUT2D eigenvalue weighted by Crippen LogP contribution is 2.33. The van der Waals surface area contributed by atoms with E-state index in [1.54, 1.807) is 6.07 Å². The number of amides is 1. The van der Waals surface area contributed by atoms with Crippen LogP contribution in [-0.2, 0) is 14.3 Å². The third kappa shape index (κ3) is 5.19. The van der Waals surface area contributed by atoms with Gasteiger partial charge >= 0.3 is 5.97 Å². The molecular formula is C24H24BrNO4. The first-order valence-electron chi connectivity index (χ1n) is 9.72. The van der Waals surface area contributed by atoms with Gasteiger partial charge in [0.05, 0.1) is 4.47 Å². The smallest absolute Gasteiger partial charge is 0.344 e. The normalized spacial score (nSPS) is 10.8. The third-order valence-electron chi connectivity index (χ3n) is 4.73. The zero-order valence-corrected chi connectivity index (χ0v) is 18.8. The monoisotopic (exact) mass is 469 g/mol. The zero-order valence-electron chi connectivity index (χ0n) is 17.2. The van der Waals surface area contributed by atoms with E-state index >= 15 is 0 Å². The number of carbonyl (C=O) groups excluding carboxylic acids is 2. The van der Waals surface area contributed by atoms with Crippen LogP contribution < -0.4 is 10.1 Å². The maximum absolute atomic E-state index is 12.3. The molecule has 0 aliphatic rings. The number of aryl methyl sites for hydroxylation is 1. The number of rotatable bonds is 7. The number of anilines is 1. The number of benzene rings is 3. The van der Waals surface area contributed by atoms with Crippen LogP contribution in [0, 0.1) is 6.92 Å². The molecule has 0 spiro atoms. The average Bonchev–Trinajstić information content (AvgIpc) is 2.73. The van der Waals surface area contributed by atoms with Crippen LogP contribution in [-0.4, -0.2) is 25.1 Å². The van der Waals surface area contributed by atoms with Crippen LogP contribution in [0.5, 0.6) is 5.75 Å². The lowest BCUT2D eigenvalue weighted by molar-refractivity contribution is -0.149. The zero-order chi connectivity index (χ0) is 21.7. The van der Waals surface area contributed by atoms with E-state index in [1.807, 2.05) is 55.5 Å². The van der Waals surface area contributed by atoms with Crippen LogP contribution in [0.25, 0.3) is 10.8 Å². The fourth-order valence-corrected chi connectivity index (χ4v) is 3.77. The second kappa shape index (κ2) is 9.76. The maximum atomic E-state index is 12.3. The molecule has 3 rings (SSSR count). The number of hydrogen-bond donors (Lipinski definition) is 1. The van der Waals surface area contributed by atoms with E-state index in [9.17, 15) is 9.59 Å². The first kappa shape index (κ1) is 21.8. The topological polar surface area (TPSA) is 64.6 Å². The fraction of sp³-hybridized carbons (Fsp3) is 0.250. The van der Waals surface area contributed by atoms with Crippen molar-refractivity contribution in [2.75, 3.05) is 18.5 Å². The Bertz CT molecular complexity index is 1080. The summed E-state index contributed by atoms with van der Waals surface area (Å²) in [6, 6.07) is 17.4. The van der Waals surface area contributed by atoms with E-state index in [-0.39, 0.29) is 25.0 Å². The lowest BCUT2D eigenvalue weighted by Crippen LogP contribution is -2.24. The summed E-state index contributed by atoms with van der Waals surface area (Å²) in [5.74, 6) is -0.196. The summed E-state index contributed by atoms with van der Waals surface area (Å²) in [6.45, 7) is 5.40. The van der Waals surface area contributed by atoms with Crippen LogP contribution in [0.2, 0.25) is 0 Å². The van der Waals surface area contributed by atoms with Crippen molar-refractivity contribution >= 4 is 44.3 Å². The molecule has 0 unspecified atom stereocenters. The summed E-state index contributed by atoms with van der Waals surface area (Å²) in [5.41, 5.74) is 2.77. The van der Waals surface area contributed by atoms with Gasteiger partial charge in [-0.15, -0.1) is 0 Å². The van der Waals surface area contributed by atoms with Crippen molar-refractivity contribution in [1.29, 1.82) is 0 Å². The van der Waals surface area contributed by atoms with Crippen LogP contribution in [0.3, 0.4) is 0 Å². The minimum Gasteiger partial charge on any atom is -0.481 e. The predicted octanol–water partition coefficient (Wildman–Crippen LogP) is 5.59. The van der Waals surface area contributed by atoms with E-state index in [1.165, 1.54) is 0 Å². The summed E-state index contributed by atoms with van der Waals surface area (Å²) in [7, 11) is 0. The molecule has 1 amide bonds. The Morgan fingerprint density at radius 1 is 1.00 bits per heavy atom. The van der Waals surface area contributed by atoms with Crippen LogP contribution in [0.15, 0.2) is 59.1 Å². The van der Waals surface area contributed by atoms with E-state index in [0.29, 0.717) is 5.75 Å². The molecule has 30 heavy (non-hydrogen) atoms. The molecule has 0 atom stereocenters. The molecule has 0 fully saturated rings. The minimum atomic E-state index is -0.612. The summed E-state index contributed by atoms with van der Waals surface area (Å²) < 4.78 is 11.4. The van der Waals surface area contributed by atoms with Gasteiger partial charge in [0.2, 0.25) is 0 Å². The number of esters is 1. The number of ether oxygens (including phenoxy) is 2. The van der Waals surface area contributed by atoms with E-state index in [0.717, 1.165) is 32.1 Å². The Morgan fingerprint density at radius 3 is 2.53 bits per heavy atom. The molecule has 0 aliphatic carbocycles. The Morgan fingerprint density at radius 2 is 1.77 bits per heavy atom. The van der Waals surface area contributed by atoms with E-state index < -0.39 is 5.97 Å². The van der Waals surface area contributed by atoms with Crippen molar-refractivity contribution < 1.29 is 19.1 Å². The molecule has 3 aromatic rings. The predicted molar refractivity (Wildman–Crippen MR) is 122 cm³/mol. The molecule has 0 aliphatic heterocycles. The molecule has 156 valence electrons. The summed E-state index contributed by atoms with van der Waals surface area (Å²) >= 11 is 3.52. The van der Waals surface area contributed by atoms with E-state index in [4.69, 9.17) is 9.47 Å². The second-order valence-electron chi connectivity index (χ2n) is 7.29. The number of nitrogens with one attached hydrogen (secondary N) is 1. The number of hydrogen-bond acceptors (Lipinski definition) is 4. The lowest BCUT2D eigenvalue weighted by Gasteiger charge is -2.16. The van der Waals surface area contributed by atoms with Gasteiger partial charge in [-0.05, 0) is 56.7 Å². The Labute approximate surface area is 184 Å². The van der Waals surface area contributed by atoms with Crippen molar-refractivity contribution in [3.63, 3.8) is 0 Å². The molecule has 6 heteroatoms. The highest BCUT2D eigenvalue weighted by Gasteiger charge is 2.14. The largest absolute Gasteiger partial charge is 0.481 e. The van der Waals surface area contributed by atoms with Gasteiger partial charge in [0, 0.05) is 5.69 Å². The molecule has 3 aromatic carbocycles. The lowest BCUT2D eigenvalue weighted by atomic mass is 9.98. The van der Waals surface area contributed by atoms with E-state index in [2.05, 4.69) is 35.1 Å². The summed E-state index contributed by atoms with van der Waals surface area (Å²) in [4.78, 5) is 24.3. The van der Waals surface area contributed by atoms with Crippen molar-refractivity contribution in [2.24, 2.45) is 0 Å². The SMILES string of the molecule is Cc1cccc(C(C)C)c1NC(=O)COC(=O)COc1ccc2ccccc2c1Br. The Kier molecular flexibility index (Phi) is 7.11. The Hall–Kier alpha value is -2.86. The van der Waals surface area contributed by atoms with Crippen molar-refractivity contribution in [1.82, 2.24) is 0 Å². The molecule has 0 aromatic heterocycles. The maximum Gasteiger partial charge on any atom is 0.344 e. The number of fused-ring (bicyclic) bond motifs is 1. The molecule has 1 N–H and O–H groups in total. The van der Waals surface area contributed by atoms with Crippen LogP contribution in [0.1, 0.15) is 30.9 Å². The van der Waals surface area contributed by atoms with Crippen molar-refractivity contribution in [3.05, 3.63) is 70.2 Å². The average molecular weight is 470 g/mol. The fourth-order valence-electron chi connectivity index (χ4n) is 3.17. The number of halogens is 1. The number of carbonyl (C=O) groups is 2. The van der Waals surface area contributed by atoms with Gasteiger partial charge in [-0.25, -0.2) is 4.79 Å². The van der Waals surface area contributed by atoms with Gasteiger partial charge in [-0.1, -0.05) is 62.4 Å². The van der Waals surface area contributed by atoms with Crippen molar-refractivity contribution in [2.45, 2.75) is 26.7 Å². The number of para-hydroxylation sites is 1. The van der Waals surface area contributed by atoms with Gasteiger partial charge < -0.3 is 14.8 Å². The summed E-state index contributed by atoms with van der Waals surface area (Å²) in [5, 5.41) is 4.90. The molecule has 0 saturated heterocycles. The third-order valence-corrected chi connectivity index (χ3v) is 5.55.